The van der Waals surface area contributed by atoms with E-state index in [1.165, 1.54) is 12.1 Å². The fourth-order valence-electron chi connectivity index (χ4n) is 2.37. The first-order chi connectivity index (χ1) is 12.5. The molecule has 0 aliphatic carbocycles. The summed E-state index contributed by atoms with van der Waals surface area (Å²) in [6.45, 7) is 0.234. The van der Waals surface area contributed by atoms with Crippen LogP contribution in [0.4, 0.5) is 19.0 Å². The second kappa shape index (κ2) is 6.14. The lowest BCUT2D eigenvalue weighted by molar-refractivity contribution is -0.146. The minimum Gasteiger partial charge on any atom is -0.363 e. The highest BCUT2D eigenvalue weighted by atomic mass is 19.4. The summed E-state index contributed by atoms with van der Waals surface area (Å²) in [4.78, 5) is 0. The van der Waals surface area contributed by atoms with Crippen LogP contribution in [0.1, 0.15) is 11.5 Å². The predicted octanol–water partition coefficient (Wildman–Crippen LogP) is 3.41. The molecule has 0 radical (unpaired) electrons. The topological polar surface area (TPSA) is 81.1 Å². The van der Waals surface area contributed by atoms with Gasteiger partial charge in [0.1, 0.15) is 11.5 Å². The van der Waals surface area contributed by atoms with E-state index < -0.39 is 12.0 Å². The largest absolute Gasteiger partial charge is 0.453 e. The van der Waals surface area contributed by atoms with Gasteiger partial charge in [0.2, 0.25) is 0 Å². The van der Waals surface area contributed by atoms with E-state index in [1.54, 1.807) is 6.07 Å². The lowest BCUT2D eigenvalue weighted by Gasteiger charge is -2.06. The molecule has 7 nitrogen and oxygen atoms in total. The summed E-state index contributed by atoms with van der Waals surface area (Å²) in [5.41, 5.74) is 1.48. The van der Waals surface area contributed by atoms with E-state index in [-0.39, 0.29) is 18.0 Å². The molecule has 4 aromatic rings. The number of nitrogens with one attached hydrogen (secondary N) is 1. The molecular formula is C16H11F3N6O. The predicted molar refractivity (Wildman–Crippen MR) is 85.0 cm³/mol. The molecule has 26 heavy (non-hydrogen) atoms. The maximum Gasteiger partial charge on any atom is 0.453 e. The molecule has 4 rings (SSSR count). The van der Waals surface area contributed by atoms with E-state index in [4.69, 9.17) is 4.52 Å². The van der Waals surface area contributed by atoms with Crippen LogP contribution in [-0.2, 0) is 12.7 Å². The molecule has 1 aromatic carbocycles. The Bertz CT molecular complexity index is 1040. The Morgan fingerprint density at radius 2 is 1.85 bits per heavy atom. The number of nitrogens with zero attached hydrogens (tertiary/aromatic N) is 5. The van der Waals surface area contributed by atoms with Gasteiger partial charge in [-0.05, 0) is 12.1 Å². The normalized spacial score (nSPS) is 11.8. The second-order valence-electron chi connectivity index (χ2n) is 5.41. The third-order valence-corrected chi connectivity index (χ3v) is 3.58. The first kappa shape index (κ1) is 16.1. The maximum atomic E-state index is 12.9. The number of fused-ring (bicyclic) bond motifs is 1. The molecule has 132 valence electrons. The van der Waals surface area contributed by atoms with Crippen LogP contribution < -0.4 is 5.32 Å². The van der Waals surface area contributed by atoms with Crippen molar-refractivity contribution >= 4 is 11.5 Å². The van der Waals surface area contributed by atoms with Crippen molar-refractivity contribution in [3.8, 4) is 11.3 Å². The first-order valence-electron chi connectivity index (χ1n) is 7.55. The van der Waals surface area contributed by atoms with Crippen molar-refractivity contribution in [3.63, 3.8) is 0 Å². The standard InChI is InChI=1S/C16H11F3N6O/c17-16(18,19)15-22-21-14-7-6-13(23-25(14)15)20-9-11-8-12(26-24-11)10-4-2-1-3-5-10/h1-8H,9H2,(H,20,23). The molecule has 3 aromatic heterocycles. The highest BCUT2D eigenvalue weighted by Crippen LogP contribution is 2.27. The van der Waals surface area contributed by atoms with E-state index in [0.29, 0.717) is 16.0 Å². The first-order valence-corrected chi connectivity index (χ1v) is 7.55. The van der Waals surface area contributed by atoms with E-state index >= 15 is 0 Å². The van der Waals surface area contributed by atoms with Crippen molar-refractivity contribution in [3.05, 3.63) is 60.0 Å². The van der Waals surface area contributed by atoms with Crippen molar-refractivity contribution in [2.45, 2.75) is 12.7 Å². The monoisotopic (exact) mass is 360 g/mol. The summed E-state index contributed by atoms with van der Waals surface area (Å²) in [5.74, 6) is -0.347. The number of halogens is 3. The number of alkyl halides is 3. The molecule has 0 aliphatic heterocycles. The number of hydrogen-bond acceptors (Lipinski definition) is 6. The number of rotatable bonds is 4. The van der Waals surface area contributed by atoms with Crippen molar-refractivity contribution in [2.75, 3.05) is 5.32 Å². The number of benzene rings is 1. The zero-order chi connectivity index (χ0) is 18.1. The van der Waals surface area contributed by atoms with Crippen LogP contribution in [0.3, 0.4) is 0 Å². The lowest BCUT2D eigenvalue weighted by Crippen LogP contribution is -2.13. The Morgan fingerprint density at radius 1 is 1.04 bits per heavy atom. The third kappa shape index (κ3) is 3.08. The number of aromatic nitrogens is 5. The van der Waals surface area contributed by atoms with Gasteiger partial charge >= 0.3 is 6.18 Å². The van der Waals surface area contributed by atoms with Crippen molar-refractivity contribution in [1.29, 1.82) is 0 Å². The maximum absolute atomic E-state index is 12.9. The molecule has 0 bridgehead atoms. The quantitative estimate of drug-likeness (QED) is 0.601. The minimum absolute atomic E-state index is 0.00988. The fraction of sp³-hybridized carbons (Fsp3) is 0.125. The second-order valence-corrected chi connectivity index (χ2v) is 5.41. The molecule has 3 heterocycles. The van der Waals surface area contributed by atoms with Gasteiger partial charge in [-0.2, -0.15) is 17.7 Å². The van der Waals surface area contributed by atoms with Crippen LogP contribution in [0.5, 0.6) is 0 Å². The highest BCUT2D eigenvalue weighted by molar-refractivity contribution is 5.57. The van der Waals surface area contributed by atoms with Gasteiger partial charge in [0.15, 0.2) is 11.4 Å². The minimum atomic E-state index is -4.64. The van der Waals surface area contributed by atoms with Gasteiger partial charge in [-0.3, -0.25) is 0 Å². The van der Waals surface area contributed by atoms with Gasteiger partial charge in [-0.25, -0.2) is 0 Å². The molecule has 10 heteroatoms. The van der Waals surface area contributed by atoms with Crippen LogP contribution in [-0.4, -0.2) is 25.0 Å². The zero-order valence-corrected chi connectivity index (χ0v) is 13.1. The molecule has 0 unspecified atom stereocenters. The van der Waals surface area contributed by atoms with Crippen LogP contribution in [0.15, 0.2) is 53.1 Å². The molecule has 0 aliphatic rings. The molecule has 0 fully saturated rings. The summed E-state index contributed by atoms with van der Waals surface area (Å²) >= 11 is 0. The van der Waals surface area contributed by atoms with E-state index in [2.05, 4.69) is 25.8 Å². The molecule has 0 amide bonds. The van der Waals surface area contributed by atoms with Crippen molar-refractivity contribution in [2.24, 2.45) is 0 Å². The summed E-state index contributed by atoms with van der Waals surface area (Å²) in [6, 6.07) is 14.1. The molecule has 0 saturated carbocycles. The zero-order valence-electron chi connectivity index (χ0n) is 13.1. The van der Waals surface area contributed by atoms with Crippen molar-refractivity contribution < 1.29 is 17.7 Å². The Balaban J connectivity index is 1.52. The van der Waals surface area contributed by atoms with E-state index in [1.807, 2.05) is 30.3 Å². The Morgan fingerprint density at radius 3 is 2.62 bits per heavy atom. The summed E-state index contributed by atoms with van der Waals surface area (Å²) in [6.07, 6.45) is -4.64. The van der Waals surface area contributed by atoms with Crippen LogP contribution in [0, 0.1) is 0 Å². The average Bonchev–Trinajstić information content (AvgIpc) is 3.27. The van der Waals surface area contributed by atoms with Gasteiger partial charge < -0.3 is 9.84 Å². The Hall–Kier alpha value is -3.43. The van der Waals surface area contributed by atoms with Gasteiger partial charge in [-0.1, -0.05) is 35.5 Å². The summed E-state index contributed by atoms with van der Waals surface area (Å²) in [5, 5.41) is 17.3. The van der Waals surface area contributed by atoms with Gasteiger partial charge in [-0.15, -0.1) is 15.3 Å². The Kier molecular flexibility index (Phi) is 3.79. The number of anilines is 1. The highest BCUT2D eigenvalue weighted by Gasteiger charge is 2.37. The van der Waals surface area contributed by atoms with Crippen LogP contribution in [0.2, 0.25) is 0 Å². The smallest absolute Gasteiger partial charge is 0.363 e. The summed E-state index contributed by atoms with van der Waals surface area (Å²) < 4.78 is 44.6. The van der Waals surface area contributed by atoms with Gasteiger partial charge in [0.25, 0.3) is 5.82 Å². The van der Waals surface area contributed by atoms with Crippen LogP contribution >= 0.6 is 0 Å². The van der Waals surface area contributed by atoms with Crippen molar-refractivity contribution in [1.82, 2.24) is 25.0 Å². The molecular weight excluding hydrogens is 349 g/mol. The SMILES string of the molecule is FC(F)(F)c1nnc2ccc(NCc3cc(-c4ccccc4)on3)nn12. The van der Waals surface area contributed by atoms with E-state index in [0.717, 1.165) is 5.56 Å². The molecule has 0 saturated heterocycles. The molecule has 0 spiro atoms. The van der Waals surface area contributed by atoms with Gasteiger partial charge in [0, 0.05) is 11.6 Å². The Labute approximate surface area is 144 Å². The van der Waals surface area contributed by atoms with E-state index in [9.17, 15) is 13.2 Å². The summed E-state index contributed by atoms with van der Waals surface area (Å²) in [7, 11) is 0. The third-order valence-electron chi connectivity index (χ3n) is 3.58. The molecule has 0 atom stereocenters. The number of hydrogen-bond donors (Lipinski definition) is 1. The van der Waals surface area contributed by atoms with Gasteiger partial charge in [0.05, 0.1) is 6.54 Å². The average molecular weight is 360 g/mol. The van der Waals surface area contributed by atoms with Crippen LogP contribution in [0.25, 0.3) is 17.0 Å². The molecule has 1 N–H and O–H groups in total. The lowest BCUT2D eigenvalue weighted by atomic mass is 10.2. The fourth-order valence-corrected chi connectivity index (χ4v) is 2.37.